The Morgan fingerprint density at radius 2 is 1.61 bits per heavy atom. The van der Waals surface area contributed by atoms with Gasteiger partial charge in [-0.05, 0) is 34.1 Å². The van der Waals surface area contributed by atoms with Crippen LogP contribution in [0.25, 0.3) is 0 Å². The predicted octanol–water partition coefficient (Wildman–Crippen LogP) is 0.615. The molecule has 0 radical (unpaired) electrons. The molecule has 1 fully saturated rings. The summed E-state index contributed by atoms with van der Waals surface area (Å²) in [5.41, 5.74) is -0.750. The molecule has 0 aromatic carbocycles. The number of ether oxygens (including phenoxy) is 2. The fourth-order valence-corrected chi connectivity index (χ4v) is 3.25. The summed E-state index contributed by atoms with van der Waals surface area (Å²) < 4.78 is 33.1. The Bertz CT molecular complexity index is 665. The zero-order chi connectivity index (χ0) is 21.5. The molecule has 0 spiro atoms. The van der Waals surface area contributed by atoms with Gasteiger partial charge < -0.3 is 24.6 Å². The van der Waals surface area contributed by atoms with Crippen molar-refractivity contribution in [2.45, 2.75) is 45.8 Å². The molecule has 1 unspecified atom stereocenters. The third-order valence-electron chi connectivity index (χ3n) is 3.88. The first-order valence-corrected chi connectivity index (χ1v) is 11.3. The summed E-state index contributed by atoms with van der Waals surface area (Å²) in [6, 6.07) is -1.03. The Hall–Kier alpha value is -2.04. The fraction of sp³-hybridized carbons (Fsp3) is 0.824. The number of nitrogens with one attached hydrogen (secondary N) is 1. The van der Waals surface area contributed by atoms with Gasteiger partial charge in [0.25, 0.3) is 0 Å². The summed E-state index contributed by atoms with van der Waals surface area (Å²) >= 11 is 0. The number of sulfone groups is 1. The van der Waals surface area contributed by atoms with Gasteiger partial charge in [0.2, 0.25) is 5.91 Å². The van der Waals surface area contributed by atoms with Crippen molar-refractivity contribution in [2.24, 2.45) is 0 Å². The van der Waals surface area contributed by atoms with Crippen molar-refractivity contribution in [3.05, 3.63) is 0 Å². The van der Waals surface area contributed by atoms with Crippen LogP contribution >= 0.6 is 0 Å². The molecule has 0 aromatic rings. The van der Waals surface area contributed by atoms with E-state index in [1.165, 1.54) is 9.80 Å². The molecule has 0 bridgehead atoms. The second-order valence-corrected chi connectivity index (χ2v) is 9.89. The van der Waals surface area contributed by atoms with Gasteiger partial charge >= 0.3 is 12.2 Å². The van der Waals surface area contributed by atoms with E-state index in [1.807, 2.05) is 0 Å². The van der Waals surface area contributed by atoms with Gasteiger partial charge in [-0.2, -0.15) is 0 Å². The minimum absolute atomic E-state index is 0.0605. The maximum atomic E-state index is 12.8. The number of hydrogen-bond donors (Lipinski definition) is 1. The van der Waals surface area contributed by atoms with Crippen molar-refractivity contribution in [1.82, 2.24) is 15.1 Å². The first kappa shape index (κ1) is 24.0. The van der Waals surface area contributed by atoms with Gasteiger partial charge in [0.15, 0.2) is 0 Å². The van der Waals surface area contributed by atoms with E-state index in [-0.39, 0.29) is 31.9 Å². The van der Waals surface area contributed by atoms with Crippen molar-refractivity contribution in [1.29, 1.82) is 0 Å². The fourth-order valence-electron chi connectivity index (χ4n) is 2.58. The van der Waals surface area contributed by atoms with Crippen LogP contribution in [-0.2, 0) is 24.1 Å². The molecule has 10 nitrogen and oxygen atoms in total. The molecule has 0 saturated carbocycles. The normalized spacial score (nSPS) is 16.3. The predicted molar refractivity (Wildman–Crippen MR) is 103 cm³/mol. The zero-order valence-corrected chi connectivity index (χ0v) is 18.0. The van der Waals surface area contributed by atoms with E-state index in [0.717, 1.165) is 6.26 Å². The van der Waals surface area contributed by atoms with Crippen molar-refractivity contribution in [3.8, 4) is 0 Å². The van der Waals surface area contributed by atoms with E-state index in [0.29, 0.717) is 13.1 Å². The average molecular weight is 422 g/mol. The number of carbonyl (C=O) groups excluding carboxylic acids is 3. The Kier molecular flexibility index (Phi) is 8.52. The standard InChI is InChI=1S/C17H31N3O7S/c1-6-26-16(23)20-10-8-19(9-11-20)14(21)13(7-12-28(5,24)25)18-15(22)27-17(2,3)4/h13H,6-12H2,1-5H3,(H,18,22). The highest BCUT2D eigenvalue weighted by Crippen LogP contribution is 2.11. The van der Waals surface area contributed by atoms with E-state index < -0.39 is 39.6 Å². The number of alkyl carbamates (subject to hydrolysis) is 1. The molecule has 0 aromatic heterocycles. The molecular formula is C17H31N3O7S. The summed E-state index contributed by atoms with van der Waals surface area (Å²) in [4.78, 5) is 39.7. The van der Waals surface area contributed by atoms with E-state index in [9.17, 15) is 22.8 Å². The summed E-state index contributed by atoms with van der Waals surface area (Å²) in [6.07, 6.45) is -0.214. The lowest BCUT2D eigenvalue weighted by Gasteiger charge is -2.36. The van der Waals surface area contributed by atoms with Crippen LogP contribution in [0.2, 0.25) is 0 Å². The molecule has 1 heterocycles. The maximum Gasteiger partial charge on any atom is 0.409 e. The van der Waals surface area contributed by atoms with Crippen LogP contribution in [0.1, 0.15) is 34.1 Å². The summed E-state index contributed by atoms with van der Waals surface area (Å²) in [5, 5.41) is 2.48. The number of amides is 3. The molecule has 0 aliphatic carbocycles. The lowest BCUT2D eigenvalue weighted by Crippen LogP contribution is -2.56. The minimum atomic E-state index is -3.31. The quantitative estimate of drug-likeness (QED) is 0.667. The van der Waals surface area contributed by atoms with Gasteiger partial charge in [0, 0.05) is 32.4 Å². The largest absolute Gasteiger partial charge is 0.450 e. The van der Waals surface area contributed by atoms with Crippen LogP contribution in [0.5, 0.6) is 0 Å². The zero-order valence-electron chi connectivity index (χ0n) is 17.2. The number of carbonyl (C=O) groups is 3. The van der Waals surface area contributed by atoms with Crippen molar-refractivity contribution >= 4 is 27.9 Å². The lowest BCUT2D eigenvalue weighted by atomic mass is 10.1. The lowest BCUT2D eigenvalue weighted by molar-refractivity contribution is -0.135. The minimum Gasteiger partial charge on any atom is -0.450 e. The molecule has 1 rings (SSSR count). The second-order valence-electron chi connectivity index (χ2n) is 7.63. The molecule has 1 N–H and O–H groups in total. The number of piperazine rings is 1. The van der Waals surface area contributed by atoms with Crippen LogP contribution in [0, 0.1) is 0 Å². The molecule has 3 amide bonds. The SMILES string of the molecule is CCOC(=O)N1CCN(C(=O)C(CCS(C)(=O)=O)NC(=O)OC(C)(C)C)CC1. The molecular weight excluding hydrogens is 390 g/mol. The molecule has 1 aliphatic rings. The first-order valence-electron chi connectivity index (χ1n) is 9.20. The van der Waals surface area contributed by atoms with E-state index in [2.05, 4.69) is 5.32 Å². The van der Waals surface area contributed by atoms with Gasteiger partial charge in [-0.25, -0.2) is 18.0 Å². The summed E-state index contributed by atoms with van der Waals surface area (Å²) in [5.74, 6) is -0.653. The van der Waals surface area contributed by atoms with Crippen LogP contribution in [-0.4, -0.2) is 92.7 Å². The maximum absolute atomic E-state index is 12.8. The molecule has 28 heavy (non-hydrogen) atoms. The van der Waals surface area contributed by atoms with Gasteiger partial charge in [-0.1, -0.05) is 0 Å². The van der Waals surface area contributed by atoms with E-state index in [1.54, 1.807) is 27.7 Å². The Balaban J connectivity index is 2.76. The van der Waals surface area contributed by atoms with Crippen molar-refractivity contribution in [3.63, 3.8) is 0 Å². The number of rotatable bonds is 6. The Morgan fingerprint density at radius 3 is 2.07 bits per heavy atom. The van der Waals surface area contributed by atoms with Crippen LogP contribution in [0.15, 0.2) is 0 Å². The van der Waals surface area contributed by atoms with Gasteiger partial charge in [-0.15, -0.1) is 0 Å². The highest BCUT2D eigenvalue weighted by Gasteiger charge is 2.31. The first-order chi connectivity index (χ1) is 12.8. The summed E-state index contributed by atoms with van der Waals surface area (Å²) in [7, 11) is -3.31. The number of nitrogens with zero attached hydrogens (tertiary/aromatic N) is 2. The van der Waals surface area contributed by atoms with Crippen LogP contribution in [0.3, 0.4) is 0 Å². The van der Waals surface area contributed by atoms with Crippen molar-refractivity contribution in [2.75, 3.05) is 44.8 Å². The van der Waals surface area contributed by atoms with E-state index >= 15 is 0 Å². The Morgan fingerprint density at radius 1 is 1.07 bits per heavy atom. The van der Waals surface area contributed by atoms with Gasteiger partial charge in [0.05, 0.1) is 12.4 Å². The highest BCUT2D eigenvalue weighted by atomic mass is 32.2. The smallest absolute Gasteiger partial charge is 0.409 e. The van der Waals surface area contributed by atoms with Crippen LogP contribution in [0.4, 0.5) is 9.59 Å². The van der Waals surface area contributed by atoms with Gasteiger partial charge in [-0.3, -0.25) is 4.79 Å². The Labute approximate surface area is 166 Å². The van der Waals surface area contributed by atoms with E-state index in [4.69, 9.17) is 9.47 Å². The van der Waals surface area contributed by atoms with Crippen molar-refractivity contribution < 1.29 is 32.3 Å². The third kappa shape index (κ3) is 8.77. The van der Waals surface area contributed by atoms with Crippen LogP contribution < -0.4 is 5.32 Å². The molecule has 1 atom stereocenters. The molecule has 1 aliphatic heterocycles. The molecule has 1 saturated heterocycles. The number of hydrogen-bond acceptors (Lipinski definition) is 7. The topological polar surface area (TPSA) is 122 Å². The van der Waals surface area contributed by atoms with Gasteiger partial charge in [0.1, 0.15) is 21.5 Å². The average Bonchev–Trinajstić information content (AvgIpc) is 2.56. The third-order valence-corrected chi connectivity index (χ3v) is 4.86. The molecule has 162 valence electrons. The highest BCUT2D eigenvalue weighted by molar-refractivity contribution is 7.90. The second kappa shape index (κ2) is 9.94. The molecule has 11 heteroatoms. The monoisotopic (exact) mass is 421 g/mol. The summed E-state index contributed by atoms with van der Waals surface area (Å²) in [6.45, 7) is 8.19.